The molecule has 4 heteroatoms. The van der Waals surface area contributed by atoms with Gasteiger partial charge in [-0.2, -0.15) is 5.26 Å². The SMILES string of the molecule is CCOC1CCCN(C(C)CC(C)(N)C#N)C1. The summed E-state index contributed by atoms with van der Waals surface area (Å²) < 4.78 is 5.68. The van der Waals surface area contributed by atoms with Crippen LogP contribution < -0.4 is 5.73 Å². The average molecular weight is 239 g/mol. The number of likely N-dealkylation sites (tertiary alicyclic amines) is 1. The molecule has 3 unspecified atom stereocenters. The minimum absolute atomic E-state index is 0.341. The van der Waals surface area contributed by atoms with Crippen molar-refractivity contribution in [1.82, 2.24) is 4.90 Å². The highest BCUT2D eigenvalue weighted by Gasteiger charge is 2.28. The van der Waals surface area contributed by atoms with Crippen LogP contribution in [0.25, 0.3) is 0 Å². The van der Waals surface area contributed by atoms with Crippen molar-refractivity contribution in [2.75, 3.05) is 19.7 Å². The molecule has 0 bridgehead atoms. The molecule has 0 spiro atoms. The molecule has 0 saturated carbocycles. The fourth-order valence-corrected chi connectivity index (χ4v) is 2.53. The first kappa shape index (κ1) is 14.4. The number of rotatable bonds is 5. The Kier molecular flexibility index (Phi) is 5.38. The lowest BCUT2D eigenvalue weighted by atomic mass is 9.94. The Bertz CT molecular complexity index is 270. The van der Waals surface area contributed by atoms with Crippen molar-refractivity contribution in [3.05, 3.63) is 0 Å². The molecule has 0 aliphatic carbocycles. The topological polar surface area (TPSA) is 62.3 Å². The van der Waals surface area contributed by atoms with Gasteiger partial charge in [-0.05, 0) is 46.6 Å². The third kappa shape index (κ3) is 4.63. The first-order chi connectivity index (χ1) is 7.98. The van der Waals surface area contributed by atoms with Gasteiger partial charge in [0.25, 0.3) is 0 Å². The maximum absolute atomic E-state index is 8.96. The fourth-order valence-electron chi connectivity index (χ4n) is 2.53. The van der Waals surface area contributed by atoms with Crippen molar-refractivity contribution in [2.24, 2.45) is 5.73 Å². The van der Waals surface area contributed by atoms with E-state index >= 15 is 0 Å². The zero-order valence-electron chi connectivity index (χ0n) is 11.3. The summed E-state index contributed by atoms with van der Waals surface area (Å²) in [5.41, 5.74) is 5.17. The van der Waals surface area contributed by atoms with Crippen molar-refractivity contribution < 1.29 is 4.74 Å². The van der Waals surface area contributed by atoms with Crippen LogP contribution in [0.5, 0.6) is 0 Å². The van der Waals surface area contributed by atoms with Gasteiger partial charge in [0.1, 0.15) is 5.54 Å². The molecule has 1 aliphatic rings. The molecular weight excluding hydrogens is 214 g/mol. The second-order valence-corrected chi connectivity index (χ2v) is 5.30. The van der Waals surface area contributed by atoms with Crippen LogP contribution in [0.1, 0.15) is 40.0 Å². The van der Waals surface area contributed by atoms with Crippen molar-refractivity contribution in [3.63, 3.8) is 0 Å². The van der Waals surface area contributed by atoms with Gasteiger partial charge in [0.15, 0.2) is 0 Å². The summed E-state index contributed by atoms with van der Waals surface area (Å²) in [4.78, 5) is 2.40. The molecule has 0 aromatic heterocycles. The zero-order chi connectivity index (χ0) is 12.9. The Hall–Kier alpha value is -0.630. The Balaban J connectivity index is 2.46. The summed E-state index contributed by atoms with van der Waals surface area (Å²) in [6.07, 6.45) is 3.38. The van der Waals surface area contributed by atoms with Crippen LogP contribution in [-0.4, -0.2) is 42.3 Å². The number of nitrogens with zero attached hydrogens (tertiary/aromatic N) is 2. The van der Waals surface area contributed by atoms with E-state index in [-0.39, 0.29) is 0 Å². The van der Waals surface area contributed by atoms with Crippen LogP contribution in [0.15, 0.2) is 0 Å². The molecule has 1 aliphatic heterocycles. The predicted octanol–water partition coefficient (Wildman–Crippen LogP) is 1.51. The molecule has 2 N–H and O–H groups in total. The predicted molar refractivity (Wildman–Crippen MR) is 68.5 cm³/mol. The van der Waals surface area contributed by atoms with Gasteiger partial charge in [0.2, 0.25) is 0 Å². The van der Waals surface area contributed by atoms with E-state index in [1.54, 1.807) is 6.92 Å². The zero-order valence-corrected chi connectivity index (χ0v) is 11.3. The van der Waals surface area contributed by atoms with E-state index in [4.69, 9.17) is 15.7 Å². The minimum Gasteiger partial charge on any atom is -0.377 e. The lowest BCUT2D eigenvalue weighted by Gasteiger charge is -2.38. The van der Waals surface area contributed by atoms with E-state index in [0.717, 1.165) is 26.1 Å². The van der Waals surface area contributed by atoms with E-state index in [1.807, 2.05) is 6.92 Å². The number of ether oxygens (including phenoxy) is 1. The molecule has 1 heterocycles. The smallest absolute Gasteiger partial charge is 0.102 e. The van der Waals surface area contributed by atoms with Gasteiger partial charge in [0.05, 0.1) is 12.2 Å². The number of hydrogen-bond acceptors (Lipinski definition) is 4. The largest absolute Gasteiger partial charge is 0.377 e. The molecular formula is C13H25N3O. The molecule has 0 aromatic rings. The standard InChI is InChI=1S/C13H25N3O/c1-4-17-12-6-5-7-16(9-12)11(2)8-13(3,15)10-14/h11-12H,4-9,15H2,1-3H3. The van der Waals surface area contributed by atoms with E-state index in [0.29, 0.717) is 18.6 Å². The van der Waals surface area contributed by atoms with Crippen molar-refractivity contribution in [3.8, 4) is 6.07 Å². The molecule has 1 rings (SSSR count). The molecule has 98 valence electrons. The lowest BCUT2D eigenvalue weighted by Crippen LogP contribution is -2.48. The molecule has 0 radical (unpaired) electrons. The summed E-state index contributed by atoms with van der Waals surface area (Å²) in [6, 6.07) is 2.51. The van der Waals surface area contributed by atoms with Crippen LogP contribution in [0.4, 0.5) is 0 Å². The van der Waals surface area contributed by atoms with Crippen molar-refractivity contribution in [1.29, 1.82) is 5.26 Å². The Labute approximate surface area is 105 Å². The summed E-state index contributed by atoms with van der Waals surface area (Å²) in [7, 11) is 0. The maximum Gasteiger partial charge on any atom is 0.102 e. The van der Waals surface area contributed by atoms with Crippen LogP contribution in [-0.2, 0) is 4.74 Å². The third-order valence-corrected chi connectivity index (χ3v) is 3.41. The summed E-state index contributed by atoms with van der Waals surface area (Å²) in [5, 5.41) is 8.96. The number of nitrogens with two attached hydrogens (primary N) is 1. The molecule has 1 fully saturated rings. The molecule has 0 amide bonds. The summed E-state index contributed by atoms with van der Waals surface area (Å²) in [5.74, 6) is 0. The van der Waals surface area contributed by atoms with Gasteiger partial charge >= 0.3 is 0 Å². The average Bonchev–Trinajstić information content (AvgIpc) is 2.29. The van der Waals surface area contributed by atoms with E-state index < -0.39 is 5.54 Å². The minimum atomic E-state index is -0.724. The van der Waals surface area contributed by atoms with Crippen LogP contribution in [0.2, 0.25) is 0 Å². The molecule has 0 aromatic carbocycles. The lowest BCUT2D eigenvalue weighted by molar-refractivity contribution is -0.00750. The highest BCUT2D eigenvalue weighted by molar-refractivity contribution is 5.03. The second-order valence-electron chi connectivity index (χ2n) is 5.30. The Morgan fingerprint density at radius 1 is 1.65 bits per heavy atom. The summed E-state index contributed by atoms with van der Waals surface area (Å²) >= 11 is 0. The fraction of sp³-hybridized carbons (Fsp3) is 0.923. The quantitative estimate of drug-likeness (QED) is 0.790. The molecule has 4 nitrogen and oxygen atoms in total. The van der Waals surface area contributed by atoms with E-state index in [9.17, 15) is 0 Å². The van der Waals surface area contributed by atoms with Gasteiger partial charge in [0, 0.05) is 19.2 Å². The number of hydrogen-bond donors (Lipinski definition) is 1. The summed E-state index contributed by atoms with van der Waals surface area (Å²) in [6.45, 7) is 8.82. The van der Waals surface area contributed by atoms with Gasteiger partial charge in [-0.3, -0.25) is 4.90 Å². The van der Waals surface area contributed by atoms with E-state index in [1.165, 1.54) is 6.42 Å². The second kappa shape index (κ2) is 6.34. The van der Waals surface area contributed by atoms with Crippen LogP contribution in [0.3, 0.4) is 0 Å². The van der Waals surface area contributed by atoms with Gasteiger partial charge < -0.3 is 10.5 Å². The first-order valence-electron chi connectivity index (χ1n) is 6.54. The Morgan fingerprint density at radius 2 is 2.35 bits per heavy atom. The molecule has 17 heavy (non-hydrogen) atoms. The highest BCUT2D eigenvalue weighted by atomic mass is 16.5. The number of piperidine rings is 1. The first-order valence-corrected chi connectivity index (χ1v) is 6.54. The number of nitriles is 1. The van der Waals surface area contributed by atoms with Crippen LogP contribution in [0, 0.1) is 11.3 Å². The van der Waals surface area contributed by atoms with E-state index in [2.05, 4.69) is 17.9 Å². The third-order valence-electron chi connectivity index (χ3n) is 3.41. The van der Waals surface area contributed by atoms with Gasteiger partial charge in [-0.1, -0.05) is 0 Å². The molecule has 3 atom stereocenters. The van der Waals surface area contributed by atoms with Crippen LogP contribution >= 0.6 is 0 Å². The Morgan fingerprint density at radius 3 is 2.94 bits per heavy atom. The monoisotopic (exact) mass is 239 g/mol. The van der Waals surface area contributed by atoms with Gasteiger partial charge in [-0.15, -0.1) is 0 Å². The maximum atomic E-state index is 8.96. The van der Waals surface area contributed by atoms with Crippen molar-refractivity contribution >= 4 is 0 Å². The van der Waals surface area contributed by atoms with Gasteiger partial charge in [-0.25, -0.2) is 0 Å². The normalized spacial score (nSPS) is 27.1. The van der Waals surface area contributed by atoms with Crippen molar-refractivity contribution in [2.45, 2.75) is 57.7 Å². The molecule has 1 saturated heterocycles. The highest BCUT2D eigenvalue weighted by Crippen LogP contribution is 2.20.